The number of hydrogen-bond donors (Lipinski definition) is 0. The maximum atomic E-state index is 12.5. The fourth-order valence-corrected chi connectivity index (χ4v) is 3.92. The summed E-state index contributed by atoms with van der Waals surface area (Å²) in [5, 5.41) is 3.06. The normalized spacial score (nSPS) is 24.9. The molecule has 7 heteroatoms. The van der Waals surface area contributed by atoms with E-state index in [1.807, 2.05) is 17.2 Å². The minimum Gasteiger partial charge on any atom is -0.348 e. The Hall–Kier alpha value is -1.47. The number of fused-ring (bicyclic) bond motifs is 1. The summed E-state index contributed by atoms with van der Waals surface area (Å²) in [7, 11) is 3.53. The second-order valence-electron chi connectivity index (χ2n) is 6.43. The number of aromatic nitrogens is 1. The average Bonchev–Trinajstić information content (AvgIpc) is 3.10. The maximum absolute atomic E-state index is 12.5. The van der Waals surface area contributed by atoms with Crippen LogP contribution < -0.4 is 0 Å². The lowest BCUT2D eigenvalue weighted by molar-refractivity contribution is -0.133. The Morgan fingerprint density at radius 2 is 2.18 bits per heavy atom. The van der Waals surface area contributed by atoms with Crippen LogP contribution in [0.5, 0.6) is 0 Å². The highest BCUT2D eigenvalue weighted by molar-refractivity contribution is 7.09. The van der Waals surface area contributed by atoms with E-state index < -0.39 is 0 Å². The number of likely N-dealkylation sites (N-methyl/N-ethyl adjacent to an activating group) is 1. The standard InChI is InChI=1S/C15H22N4O2S/c1-10-16-12(9-22-10)6-19-5-11-4-18(7-13(11)15(19)21)8-14(20)17(2)3/h9,11,13H,4-8H2,1-3H3/t11-,13-/m0/s1. The molecular formula is C15H22N4O2S. The Morgan fingerprint density at radius 3 is 2.77 bits per heavy atom. The van der Waals surface area contributed by atoms with Gasteiger partial charge < -0.3 is 9.80 Å². The lowest BCUT2D eigenvalue weighted by atomic mass is 10.0. The van der Waals surface area contributed by atoms with E-state index in [0.29, 0.717) is 25.6 Å². The fraction of sp³-hybridized carbons (Fsp3) is 0.667. The van der Waals surface area contributed by atoms with Gasteiger partial charge in [0.25, 0.3) is 0 Å². The zero-order valence-corrected chi connectivity index (χ0v) is 14.1. The zero-order chi connectivity index (χ0) is 15.9. The van der Waals surface area contributed by atoms with E-state index in [1.54, 1.807) is 30.3 Å². The molecule has 0 aromatic carbocycles. The van der Waals surface area contributed by atoms with E-state index >= 15 is 0 Å². The van der Waals surface area contributed by atoms with E-state index in [9.17, 15) is 9.59 Å². The van der Waals surface area contributed by atoms with Crippen LogP contribution in [0.3, 0.4) is 0 Å². The van der Waals surface area contributed by atoms with Crippen LogP contribution in [-0.2, 0) is 16.1 Å². The minimum atomic E-state index is 0.0506. The highest BCUT2D eigenvalue weighted by Gasteiger charge is 2.46. The Morgan fingerprint density at radius 1 is 1.41 bits per heavy atom. The molecule has 2 saturated heterocycles. The quantitative estimate of drug-likeness (QED) is 0.807. The van der Waals surface area contributed by atoms with Crippen LogP contribution in [0.15, 0.2) is 5.38 Å². The molecule has 2 aliphatic rings. The molecular weight excluding hydrogens is 300 g/mol. The van der Waals surface area contributed by atoms with Gasteiger partial charge in [0.05, 0.1) is 29.7 Å². The molecule has 6 nitrogen and oxygen atoms in total. The van der Waals surface area contributed by atoms with E-state index in [4.69, 9.17) is 0 Å². The number of aryl methyl sites for hydroxylation is 1. The van der Waals surface area contributed by atoms with Gasteiger partial charge in [0.1, 0.15) is 0 Å². The van der Waals surface area contributed by atoms with Gasteiger partial charge in [-0.3, -0.25) is 14.5 Å². The predicted molar refractivity (Wildman–Crippen MR) is 84.4 cm³/mol. The minimum absolute atomic E-state index is 0.0506. The van der Waals surface area contributed by atoms with Crippen LogP contribution in [0.25, 0.3) is 0 Å². The summed E-state index contributed by atoms with van der Waals surface area (Å²) in [6, 6.07) is 0. The number of thiazole rings is 1. The van der Waals surface area contributed by atoms with Gasteiger partial charge in [0.15, 0.2) is 0 Å². The summed E-state index contributed by atoms with van der Waals surface area (Å²) in [6.45, 7) is 5.34. The van der Waals surface area contributed by atoms with Crippen molar-refractivity contribution in [3.8, 4) is 0 Å². The van der Waals surface area contributed by atoms with Crippen LogP contribution in [0, 0.1) is 18.8 Å². The number of hydrogen-bond acceptors (Lipinski definition) is 5. The van der Waals surface area contributed by atoms with Crippen molar-refractivity contribution in [2.45, 2.75) is 13.5 Å². The first kappa shape index (κ1) is 15.4. The van der Waals surface area contributed by atoms with Gasteiger partial charge in [-0.25, -0.2) is 4.98 Å². The number of nitrogens with zero attached hydrogens (tertiary/aromatic N) is 4. The van der Waals surface area contributed by atoms with E-state index in [-0.39, 0.29) is 17.7 Å². The van der Waals surface area contributed by atoms with Crippen LogP contribution in [0.4, 0.5) is 0 Å². The average molecular weight is 322 g/mol. The summed E-state index contributed by atoms with van der Waals surface area (Å²) in [5.74, 6) is 0.717. The highest BCUT2D eigenvalue weighted by Crippen LogP contribution is 2.33. The third-order valence-electron chi connectivity index (χ3n) is 4.48. The third-order valence-corrected chi connectivity index (χ3v) is 5.30. The SMILES string of the molecule is Cc1nc(CN2C[C@@H]3CN(CC(=O)N(C)C)C[C@@H]3C2=O)cs1. The monoisotopic (exact) mass is 322 g/mol. The van der Waals surface area contributed by atoms with Crippen LogP contribution in [-0.4, -0.2) is 71.8 Å². The second-order valence-corrected chi connectivity index (χ2v) is 7.49. The number of amides is 2. The van der Waals surface area contributed by atoms with Crippen molar-refractivity contribution in [1.29, 1.82) is 0 Å². The van der Waals surface area contributed by atoms with Crippen molar-refractivity contribution < 1.29 is 9.59 Å². The van der Waals surface area contributed by atoms with Gasteiger partial charge in [-0.15, -0.1) is 11.3 Å². The van der Waals surface area contributed by atoms with Crippen LogP contribution in [0.1, 0.15) is 10.7 Å². The van der Waals surface area contributed by atoms with Gasteiger partial charge in [-0.2, -0.15) is 0 Å². The van der Waals surface area contributed by atoms with Crippen molar-refractivity contribution in [3.05, 3.63) is 16.1 Å². The maximum Gasteiger partial charge on any atom is 0.236 e. The molecule has 2 amide bonds. The second kappa shape index (κ2) is 5.96. The van der Waals surface area contributed by atoms with Gasteiger partial charge in [-0.05, 0) is 6.92 Å². The van der Waals surface area contributed by atoms with Gasteiger partial charge >= 0.3 is 0 Å². The molecule has 2 aliphatic heterocycles. The highest BCUT2D eigenvalue weighted by atomic mass is 32.1. The van der Waals surface area contributed by atoms with Crippen molar-refractivity contribution in [1.82, 2.24) is 19.7 Å². The Bertz CT molecular complexity index is 586. The summed E-state index contributed by atoms with van der Waals surface area (Å²) >= 11 is 1.62. The summed E-state index contributed by atoms with van der Waals surface area (Å²) in [6.07, 6.45) is 0. The van der Waals surface area contributed by atoms with Crippen molar-refractivity contribution in [3.63, 3.8) is 0 Å². The lowest BCUT2D eigenvalue weighted by Crippen LogP contribution is -2.38. The molecule has 3 heterocycles. The molecule has 0 radical (unpaired) electrons. The smallest absolute Gasteiger partial charge is 0.236 e. The van der Waals surface area contributed by atoms with Crippen LogP contribution >= 0.6 is 11.3 Å². The zero-order valence-electron chi connectivity index (χ0n) is 13.3. The fourth-order valence-electron chi connectivity index (χ4n) is 3.31. The van der Waals surface area contributed by atoms with Gasteiger partial charge in [0, 0.05) is 45.0 Å². The topological polar surface area (TPSA) is 56.8 Å². The Labute approximate surface area is 134 Å². The molecule has 0 unspecified atom stereocenters. The van der Waals surface area contributed by atoms with E-state index in [0.717, 1.165) is 23.8 Å². The summed E-state index contributed by atoms with van der Waals surface area (Å²) in [5.41, 5.74) is 0.982. The first-order valence-electron chi connectivity index (χ1n) is 7.56. The molecule has 1 aromatic rings. The number of likely N-dealkylation sites (tertiary alicyclic amines) is 2. The molecule has 3 rings (SSSR count). The molecule has 0 bridgehead atoms. The molecule has 0 saturated carbocycles. The predicted octanol–water partition coefficient (Wildman–Crippen LogP) is 0.430. The first-order valence-corrected chi connectivity index (χ1v) is 8.44. The van der Waals surface area contributed by atoms with Crippen molar-refractivity contribution in [2.24, 2.45) is 11.8 Å². The Kier molecular flexibility index (Phi) is 4.18. The number of rotatable bonds is 4. The van der Waals surface area contributed by atoms with Crippen molar-refractivity contribution >= 4 is 23.2 Å². The molecule has 2 fully saturated rings. The van der Waals surface area contributed by atoms with E-state index in [2.05, 4.69) is 9.88 Å². The largest absolute Gasteiger partial charge is 0.348 e. The van der Waals surface area contributed by atoms with Crippen molar-refractivity contribution in [2.75, 3.05) is 40.3 Å². The molecule has 0 aliphatic carbocycles. The summed E-state index contributed by atoms with van der Waals surface area (Å²) in [4.78, 5) is 34.4. The molecule has 0 N–H and O–H groups in total. The molecule has 0 spiro atoms. The number of carbonyl (C=O) groups is 2. The molecule has 120 valence electrons. The first-order chi connectivity index (χ1) is 10.4. The third kappa shape index (κ3) is 3.01. The number of carbonyl (C=O) groups excluding carboxylic acids is 2. The molecule has 2 atom stereocenters. The Balaban J connectivity index is 1.57. The molecule has 1 aromatic heterocycles. The van der Waals surface area contributed by atoms with Gasteiger partial charge in [0.2, 0.25) is 11.8 Å². The lowest BCUT2D eigenvalue weighted by Gasteiger charge is -2.22. The van der Waals surface area contributed by atoms with E-state index in [1.165, 1.54) is 0 Å². The van der Waals surface area contributed by atoms with Crippen LogP contribution in [0.2, 0.25) is 0 Å². The summed E-state index contributed by atoms with van der Waals surface area (Å²) < 4.78 is 0. The van der Waals surface area contributed by atoms with Gasteiger partial charge in [-0.1, -0.05) is 0 Å². The molecule has 22 heavy (non-hydrogen) atoms.